The van der Waals surface area contributed by atoms with Crippen molar-refractivity contribution in [2.45, 2.75) is 19.6 Å². The van der Waals surface area contributed by atoms with E-state index >= 15 is 0 Å². The van der Waals surface area contributed by atoms with Crippen LogP contribution in [0.1, 0.15) is 16.2 Å². The molecule has 7 nitrogen and oxygen atoms in total. The molecule has 17 heavy (non-hydrogen) atoms. The van der Waals surface area contributed by atoms with Gasteiger partial charge in [0.2, 0.25) is 5.69 Å². The first-order valence-corrected chi connectivity index (χ1v) is 4.15. The Bertz CT molecular complexity index is 479. The van der Waals surface area contributed by atoms with Crippen LogP contribution < -0.4 is 0 Å². The summed E-state index contributed by atoms with van der Waals surface area (Å²) in [7, 11) is 0. The van der Waals surface area contributed by atoms with E-state index in [4.69, 9.17) is 5.11 Å². The van der Waals surface area contributed by atoms with Gasteiger partial charge in [0.15, 0.2) is 0 Å². The number of hydrogen-bond acceptors (Lipinski definition) is 4. The molecule has 0 spiro atoms. The van der Waals surface area contributed by atoms with Gasteiger partial charge in [0.05, 0.1) is 4.92 Å². The highest BCUT2D eigenvalue weighted by Crippen LogP contribution is 2.26. The molecule has 0 bridgehead atoms. The lowest BCUT2D eigenvalue weighted by Gasteiger charge is -2.07. The molecule has 0 radical (unpaired) electrons. The Balaban J connectivity index is 3.37. The van der Waals surface area contributed by atoms with Gasteiger partial charge in [-0.25, -0.2) is 9.48 Å². The topological polar surface area (TPSA) is 98.3 Å². The standard InChI is InChI=1S/C7H6F3N3O4/c1-3-4(13(16)17)5(6(14)15)12(11-3)2-7(8,9)10/h2H2,1H3,(H,14,15). The Morgan fingerprint density at radius 2 is 2.12 bits per heavy atom. The number of carbonyl (C=O) groups is 1. The normalized spacial score (nSPS) is 11.5. The van der Waals surface area contributed by atoms with E-state index < -0.39 is 35.0 Å². The maximum absolute atomic E-state index is 12.1. The molecule has 0 amide bonds. The van der Waals surface area contributed by atoms with Crippen molar-refractivity contribution < 1.29 is 28.0 Å². The Morgan fingerprint density at radius 3 is 2.47 bits per heavy atom. The molecule has 1 aromatic heterocycles. The van der Waals surface area contributed by atoms with Crippen LogP contribution in [0.4, 0.5) is 18.9 Å². The molecule has 0 aromatic carbocycles. The van der Waals surface area contributed by atoms with Crippen molar-refractivity contribution in [2.24, 2.45) is 0 Å². The molecule has 0 aliphatic heterocycles. The van der Waals surface area contributed by atoms with Crippen LogP contribution in [0.15, 0.2) is 0 Å². The van der Waals surface area contributed by atoms with Gasteiger partial charge < -0.3 is 5.11 Å². The lowest BCUT2D eigenvalue weighted by molar-refractivity contribution is -0.385. The number of rotatable bonds is 3. The molecule has 0 saturated carbocycles. The number of carboxylic acids is 1. The molecule has 0 saturated heterocycles. The fourth-order valence-corrected chi connectivity index (χ4v) is 1.29. The lowest BCUT2D eigenvalue weighted by atomic mass is 10.3. The van der Waals surface area contributed by atoms with E-state index in [1.54, 1.807) is 0 Å². The van der Waals surface area contributed by atoms with Crippen molar-refractivity contribution in [3.63, 3.8) is 0 Å². The van der Waals surface area contributed by atoms with Crippen LogP contribution in [-0.2, 0) is 6.54 Å². The van der Waals surface area contributed by atoms with Crippen molar-refractivity contribution >= 4 is 11.7 Å². The van der Waals surface area contributed by atoms with Gasteiger partial charge in [-0.2, -0.15) is 18.3 Å². The number of carboxylic acid groups (broad SMARTS) is 1. The first-order chi connectivity index (χ1) is 7.63. The van der Waals surface area contributed by atoms with Gasteiger partial charge in [0.25, 0.3) is 0 Å². The number of nitro groups is 1. The maximum atomic E-state index is 12.1. The van der Waals surface area contributed by atoms with E-state index in [0.717, 1.165) is 6.92 Å². The van der Waals surface area contributed by atoms with Gasteiger partial charge in [0, 0.05) is 0 Å². The van der Waals surface area contributed by atoms with Gasteiger partial charge in [-0.05, 0) is 6.92 Å². The summed E-state index contributed by atoms with van der Waals surface area (Å²) in [6, 6.07) is 0. The van der Waals surface area contributed by atoms with E-state index in [2.05, 4.69) is 5.10 Å². The average Bonchev–Trinajstić information content (AvgIpc) is 2.38. The van der Waals surface area contributed by atoms with Crippen molar-refractivity contribution in [1.29, 1.82) is 0 Å². The summed E-state index contributed by atoms with van der Waals surface area (Å²) >= 11 is 0. The third kappa shape index (κ3) is 2.71. The average molecular weight is 253 g/mol. The van der Waals surface area contributed by atoms with Gasteiger partial charge in [-0.1, -0.05) is 0 Å². The largest absolute Gasteiger partial charge is 0.476 e. The molecular formula is C7H6F3N3O4. The maximum Gasteiger partial charge on any atom is 0.408 e. The highest BCUT2D eigenvalue weighted by molar-refractivity contribution is 5.90. The Labute approximate surface area is 91.6 Å². The summed E-state index contributed by atoms with van der Waals surface area (Å²) in [4.78, 5) is 20.2. The third-order valence-corrected chi connectivity index (χ3v) is 1.81. The lowest BCUT2D eigenvalue weighted by Crippen LogP contribution is -2.22. The number of halogens is 3. The van der Waals surface area contributed by atoms with E-state index in [1.807, 2.05) is 0 Å². The second kappa shape index (κ2) is 4.03. The number of aromatic nitrogens is 2. The van der Waals surface area contributed by atoms with Gasteiger partial charge >= 0.3 is 17.8 Å². The van der Waals surface area contributed by atoms with Crippen LogP contribution in [0, 0.1) is 17.0 Å². The van der Waals surface area contributed by atoms with Gasteiger partial charge in [0.1, 0.15) is 12.2 Å². The predicted molar refractivity (Wildman–Crippen MR) is 46.6 cm³/mol. The molecule has 1 heterocycles. The van der Waals surface area contributed by atoms with E-state index in [-0.39, 0.29) is 10.4 Å². The van der Waals surface area contributed by atoms with Crippen molar-refractivity contribution in [1.82, 2.24) is 9.78 Å². The van der Waals surface area contributed by atoms with E-state index in [9.17, 15) is 28.1 Å². The van der Waals surface area contributed by atoms with Crippen LogP contribution in [0.25, 0.3) is 0 Å². The van der Waals surface area contributed by atoms with Crippen molar-refractivity contribution in [3.8, 4) is 0 Å². The zero-order chi connectivity index (χ0) is 13.4. The first-order valence-electron chi connectivity index (χ1n) is 4.15. The van der Waals surface area contributed by atoms with E-state index in [0.29, 0.717) is 0 Å². The number of nitrogens with zero attached hydrogens (tertiary/aromatic N) is 3. The van der Waals surface area contributed by atoms with Crippen LogP contribution in [0.2, 0.25) is 0 Å². The van der Waals surface area contributed by atoms with E-state index in [1.165, 1.54) is 0 Å². The smallest absolute Gasteiger partial charge is 0.408 e. The summed E-state index contributed by atoms with van der Waals surface area (Å²) < 4.78 is 36.4. The summed E-state index contributed by atoms with van der Waals surface area (Å²) in [5.41, 5.74) is -2.39. The van der Waals surface area contributed by atoms with Crippen LogP contribution in [-0.4, -0.2) is 32.0 Å². The number of aryl methyl sites for hydroxylation is 1. The fourth-order valence-electron chi connectivity index (χ4n) is 1.29. The SMILES string of the molecule is Cc1nn(CC(F)(F)F)c(C(=O)O)c1[N+](=O)[O-]. The monoisotopic (exact) mass is 253 g/mol. The molecule has 1 aromatic rings. The zero-order valence-corrected chi connectivity index (χ0v) is 8.35. The minimum absolute atomic E-state index is 0.0653. The fraction of sp³-hybridized carbons (Fsp3) is 0.429. The molecule has 0 fully saturated rings. The summed E-state index contributed by atoms with van der Waals surface area (Å²) in [6.07, 6.45) is -4.71. The van der Waals surface area contributed by atoms with Gasteiger partial charge in [-0.3, -0.25) is 10.1 Å². The highest BCUT2D eigenvalue weighted by Gasteiger charge is 2.36. The Hall–Kier alpha value is -2.13. The molecular weight excluding hydrogens is 247 g/mol. The highest BCUT2D eigenvalue weighted by atomic mass is 19.4. The van der Waals surface area contributed by atoms with Gasteiger partial charge in [-0.15, -0.1) is 0 Å². The Kier molecular flexibility index (Phi) is 3.07. The molecule has 1 rings (SSSR count). The predicted octanol–water partition coefficient (Wildman–Crippen LogP) is 1.36. The number of hydrogen-bond donors (Lipinski definition) is 1. The molecule has 1 N–H and O–H groups in total. The summed E-state index contributed by atoms with van der Waals surface area (Å²) in [5, 5.41) is 22.4. The van der Waals surface area contributed by atoms with Crippen LogP contribution >= 0.6 is 0 Å². The zero-order valence-electron chi connectivity index (χ0n) is 8.35. The Morgan fingerprint density at radius 1 is 1.59 bits per heavy atom. The quantitative estimate of drug-likeness (QED) is 0.647. The second-order valence-corrected chi connectivity index (χ2v) is 3.12. The van der Waals surface area contributed by atoms with Crippen LogP contribution in [0.3, 0.4) is 0 Å². The molecule has 0 atom stereocenters. The minimum Gasteiger partial charge on any atom is -0.476 e. The molecule has 10 heteroatoms. The summed E-state index contributed by atoms with van der Waals surface area (Å²) in [5.74, 6) is -1.83. The molecule has 0 aliphatic rings. The molecule has 94 valence electrons. The van der Waals surface area contributed by atoms with Crippen molar-refractivity contribution in [2.75, 3.05) is 0 Å². The van der Waals surface area contributed by atoms with Crippen LogP contribution in [0.5, 0.6) is 0 Å². The molecule has 0 unspecified atom stereocenters. The summed E-state index contributed by atoms with van der Waals surface area (Å²) in [6.45, 7) is -0.624. The number of aromatic carboxylic acids is 1. The van der Waals surface area contributed by atoms with Crippen molar-refractivity contribution in [3.05, 3.63) is 21.5 Å². The molecule has 0 aliphatic carbocycles. The minimum atomic E-state index is -4.71. The number of alkyl halides is 3. The first kappa shape index (κ1) is 12.9. The second-order valence-electron chi connectivity index (χ2n) is 3.12. The third-order valence-electron chi connectivity index (χ3n) is 1.81.